The van der Waals surface area contributed by atoms with E-state index in [4.69, 9.17) is 0 Å². The maximum atomic E-state index is 14.2. The second-order valence-corrected chi connectivity index (χ2v) is 10.8. The van der Waals surface area contributed by atoms with Crippen molar-refractivity contribution in [1.82, 2.24) is 20.1 Å². The normalized spacial score (nSPS) is 20.8. The van der Waals surface area contributed by atoms with Gasteiger partial charge in [0.25, 0.3) is 0 Å². The summed E-state index contributed by atoms with van der Waals surface area (Å²) in [5.41, 5.74) is 3.03. The number of piperazine rings is 1. The minimum absolute atomic E-state index is 0.0503. The van der Waals surface area contributed by atoms with Gasteiger partial charge in [-0.2, -0.15) is 0 Å². The number of anilines is 1. The molecule has 0 bridgehead atoms. The molecule has 3 unspecified atom stereocenters. The summed E-state index contributed by atoms with van der Waals surface area (Å²) in [4.78, 5) is 50.8. The van der Waals surface area contributed by atoms with Crippen molar-refractivity contribution in [3.63, 3.8) is 0 Å². The van der Waals surface area contributed by atoms with Crippen molar-refractivity contribution in [3.05, 3.63) is 59.3 Å². The van der Waals surface area contributed by atoms with Crippen LogP contribution >= 0.6 is 0 Å². The second kappa shape index (κ2) is 10.3. The number of likely N-dealkylation sites (N-methyl/N-ethyl adjacent to an activating group) is 1. The third-order valence-electron chi connectivity index (χ3n) is 7.20. The van der Waals surface area contributed by atoms with Gasteiger partial charge in [0.1, 0.15) is 23.9 Å². The fraction of sp³-hybridized carbons (Fsp3) is 0.500. The number of carbonyl (C=O) groups excluding carboxylic acids is 3. The molecule has 1 N–H and O–H groups in total. The average Bonchev–Trinajstić information content (AvgIpc) is 3.27. The summed E-state index contributed by atoms with van der Waals surface area (Å²) in [5.74, 6) is 0.213. The first-order chi connectivity index (χ1) is 17.1. The number of nitrogens with zero attached hydrogens (tertiary/aromatic N) is 4. The molecule has 2 heterocycles. The van der Waals surface area contributed by atoms with E-state index >= 15 is 0 Å². The monoisotopic (exact) mass is 491 g/mol. The van der Waals surface area contributed by atoms with E-state index in [1.54, 1.807) is 25.2 Å². The van der Waals surface area contributed by atoms with Gasteiger partial charge in [-0.1, -0.05) is 44.2 Å². The fourth-order valence-corrected chi connectivity index (χ4v) is 5.36. The molecular formula is C28H37N5O3. The summed E-state index contributed by atoms with van der Waals surface area (Å²) in [6.45, 7) is 4.04. The third kappa shape index (κ3) is 4.94. The first kappa shape index (κ1) is 25.7. The highest BCUT2D eigenvalue weighted by molar-refractivity contribution is 6.00. The van der Waals surface area contributed by atoms with Gasteiger partial charge in [-0.3, -0.25) is 14.4 Å². The molecule has 8 nitrogen and oxygen atoms in total. The third-order valence-corrected chi connectivity index (χ3v) is 7.20. The molecule has 1 saturated heterocycles. The Labute approximate surface area is 213 Å². The molecule has 4 rings (SSSR count). The van der Waals surface area contributed by atoms with Crippen molar-refractivity contribution >= 4 is 23.5 Å². The van der Waals surface area contributed by atoms with Crippen LogP contribution in [0.25, 0.3) is 0 Å². The Kier molecular flexibility index (Phi) is 7.33. The molecule has 1 aliphatic heterocycles. The number of fused-ring (bicyclic) bond motifs is 1. The Hall–Kier alpha value is -3.42. The molecule has 3 atom stereocenters. The van der Waals surface area contributed by atoms with Crippen molar-refractivity contribution in [2.75, 3.05) is 33.1 Å². The largest absolute Gasteiger partial charge is 0.363 e. The first-order valence-corrected chi connectivity index (χ1v) is 12.6. The van der Waals surface area contributed by atoms with Gasteiger partial charge in [-0.25, -0.2) is 4.98 Å². The molecule has 0 spiro atoms. The van der Waals surface area contributed by atoms with Crippen LogP contribution in [-0.4, -0.2) is 72.8 Å². The van der Waals surface area contributed by atoms with E-state index < -0.39 is 18.1 Å². The summed E-state index contributed by atoms with van der Waals surface area (Å²) < 4.78 is 0. The molecule has 2 aliphatic rings. The molecule has 8 heteroatoms. The van der Waals surface area contributed by atoms with E-state index in [2.05, 4.69) is 22.4 Å². The smallest absolute Gasteiger partial charge is 0.249 e. The minimum atomic E-state index is -0.933. The number of nitrogens with one attached hydrogen (secondary N) is 1. The van der Waals surface area contributed by atoms with Crippen LogP contribution in [0, 0.1) is 11.8 Å². The molecule has 36 heavy (non-hydrogen) atoms. The van der Waals surface area contributed by atoms with Crippen LogP contribution in [0.2, 0.25) is 0 Å². The number of amides is 3. The van der Waals surface area contributed by atoms with Crippen LogP contribution in [0.3, 0.4) is 0 Å². The van der Waals surface area contributed by atoms with Gasteiger partial charge in [0.2, 0.25) is 17.7 Å². The van der Waals surface area contributed by atoms with Crippen molar-refractivity contribution < 1.29 is 14.4 Å². The summed E-state index contributed by atoms with van der Waals surface area (Å²) in [7, 11) is 7.14. The van der Waals surface area contributed by atoms with Crippen molar-refractivity contribution in [2.45, 2.75) is 51.2 Å². The number of rotatable bonds is 7. The topological polar surface area (TPSA) is 85.8 Å². The predicted octanol–water partition coefficient (Wildman–Crippen LogP) is 2.43. The average molecular weight is 492 g/mol. The van der Waals surface area contributed by atoms with Crippen LogP contribution in [0.5, 0.6) is 0 Å². The molecule has 192 valence electrons. The number of hydrogen-bond donors (Lipinski definition) is 1. The number of carbonyl (C=O) groups is 3. The Morgan fingerprint density at radius 1 is 1.06 bits per heavy atom. The molecule has 1 aromatic carbocycles. The molecular weight excluding hydrogens is 454 g/mol. The van der Waals surface area contributed by atoms with E-state index in [0.29, 0.717) is 12.0 Å². The number of pyridine rings is 1. The van der Waals surface area contributed by atoms with E-state index in [1.165, 1.54) is 16.0 Å². The van der Waals surface area contributed by atoms with Crippen LogP contribution in [0.15, 0.2) is 42.6 Å². The Balaban J connectivity index is 1.75. The minimum Gasteiger partial charge on any atom is -0.363 e. The van der Waals surface area contributed by atoms with Gasteiger partial charge in [0.05, 0.1) is 0 Å². The molecule has 1 aliphatic carbocycles. The summed E-state index contributed by atoms with van der Waals surface area (Å²) in [6.07, 6.45) is 3.56. The standard InChI is InChI=1S/C28H37N5O3/c1-17(2)13-22-26(34)30-24(21-14-18-9-7-8-10-19(18)15-21)27(35)33(22)25(28(36)32(5)6)20-11-12-23(29-16-20)31(3)4/h7-12,16-17,21-22,24-25H,13-15H2,1-6H3,(H,30,34). The highest BCUT2D eigenvalue weighted by Crippen LogP contribution is 2.35. The Morgan fingerprint density at radius 3 is 2.19 bits per heavy atom. The highest BCUT2D eigenvalue weighted by Gasteiger charge is 2.49. The maximum Gasteiger partial charge on any atom is 0.249 e. The number of benzene rings is 1. The van der Waals surface area contributed by atoms with Crippen molar-refractivity contribution in [1.29, 1.82) is 0 Å². The van der Waals surface area contributed by atoms with Gasteiger partial charge in [-0.05, 0) is 48.3 Å². The zero-order valence-electron chi connectivity index (χ0n) is 22.1. The van der Waals surface area contributed by atoms with Crippen molar-refractivity contribution in [3.8, 4) is 0 Å². The zero-order valence-corrected chi connectivity index (χ0v) is 22.1. The lowest BCUT2D eigenvalue weighted by Gasteiger charge is -2.45. The number of hydrogen-bond acceptors (Lipinski definition) is 5. The fourth-order valence-electron chi connectivity index (χ4n) is 5.36. The maximum absolute atomic E-state index is 14.2. The molecule has 3 amide bonds. The Bertz CT molecular complexity index is 1100. The van der Waals surface area contributed by atoms with Gasteiger partial charge in [-0.15, -0.1) is 0 Å². The molecule has 0 saturated carbocycles. The van der Waals surface area contributed by atoms with Crippen molar-refractivity contribution in [2.24, 2.45) is 11.8 Å². The van der Waals surface area contributed by atoms with E-state index in [1.807, 2.05) is 57.1 Å². The van der Waals surface area contributed by atoms with E-state index in [-0.39, 0.29) is 29.6 Å². The molecule has 1 fully saturated rings. The highest BCUT2D eigenvalue weighted by atomic mass is 16.2. The number of aromatic nitrogens is 1. The summed E-state index contributed by atoms with van der Waals surface area (Å²) >= 11 is 0. The van der Waals surface area contributed by atoms with Gasteiger partial charge in [0, 0.05) is 40.0 Å². The lowest BCUT2D eigenvalue weighted by atomic mass is 9.88. The van der Waals surface area contributed by atoms with E-state index in [9.17, 15) is 14.4 Å². The second-order valence-electron chi connectivity index (χ2n) is 10.8. The predicted molar refractivity (Wildman–Crippen MR) is 139 cm³/mol. The van der Waals surface area contributed by atoms with Crippen LogP contribution in [0.1, 0.15) is 43.0 Å². The lowest BCUT2D eigenvalue weighted by Crippen LogP contribution is -2.67. The quantitative estimate of drug-likeness (QED) is 0.643. The van der Waals surface area contributed by atoms with E-state index in [0.717, 1.165) is 18.7 Å². The van der Waals surface area contributed by atoms with Crippen LogP contribution < -0.4 is 10.2 Å². The van der Waals surface area contributed by atoms with Gasteiger partial charge >= 0.3 is 0 Å². The summed E-state index contributed by atoms with van der Waals surface area (Å²) in [6, 6.07) is 9.49. The molecule has 2 aromatic rings. The van der Waals surface area contributed by atoms with Crippen LogP contribution in [-0.2, 0) is 27.2 Å². The Morgan fingerprint density at radius 2 is 1.69 bits per heavy atom. The molecule has 0 radical (unpaired) electrons. The zero-order chi connectivity index (χ0) is 26.1. The molecule has 1 aromatic heterocycles. The first-order valence-electron chi connectivity index (χ1n) is 12.6. The SMILES string of the molecule is CC(C)CC1C(=O)NC(C2Cc3ccccc3C2)C(=O)N1C(C(=O)N(C)C)c1ccc(N(C)C)nc1. The van der Waals surface area contributed by atoms with Crippen LogP contribution in [0.4, 0.5) is 5.82 Å². The summed E-state index contributed by atoms with van der Waals surface area (Å²) in [5, 5.41) is 3.05. The van der Waals surface area contributed by atoms with Gasteiger partial charge < -0.3 is 20.0 Å². The lowest BCUT2D eigenvalue weighted by molar-refractivity contribution is -0.159. The van der Waals surface area contributed by atoms with Gasteiger partial charge in [0.15, 0.2) is 0 Å².